The molecule has 4 heterocycles. The summed E-state index contributed by atoms with van der Waals surface area (Å²) in [7, 11) is 0. The van der Waals surface area contributed by atoms with Gasteiger partial charge in [-0.15, -0.1) is 24.9 Å². The van der Waals surface area contributed by atoms with Gasteiger partial charge >= 0.3 is 0 Å². The van der Waals surface area contributed by atoms with Crippen molar-refractivity contribution in [1.29, 1.82) is 0 Å². The predicted molar refractivity (Wildman–Crippen MR) is 169 cm³/mol. The van der Waals surface area contributed by atoms with E-state index in [4.69, 9.17) is 4.74 Å². The zero-order valence-corrected chi connectivity index (χ0v) is 26.4. The van der Waals surface area contributed by atoms with Crippen LogP contribution in [0.1, 0.15) is 12.8 Å². The Morgan fingerprint density at radius 3 is 2.50 bits per heavy atom. The smallest absolute Gasteiger partial charge is 0.247 e. The van der Waals surface area contributed by atoms with Crippen LogP contribution in [-0.2, 0) is 19.1 Å². The molecule has 4 aliphatic heterocycles. The number of para-hydroxylation sites is 1. The molecule has 6 atom stereocenters. The Labute approximate surface area is 261 Å². The van der Waals surface area contributed by atoms with Gasteiger partial charge in [0.15, 0.2) is 0 Å². The molecule has 2 bridgehead atoms. The van der Waals surface area contributed by atoms with Crippen LogP contribution in [0, 0.1) is 11.8 Å². The van der Waals surface area contributed by atoms with Crippen LogP contribution in [0.5, 0.6) is 0 Å². The number of anilines is 1. The van der Waals surface area contributed by atoms with Crippen molar-refractivity contribution < 1.29 is 24.2 Å². The zero-order valence-electron chi connectivity index (χ0n) is 24.0. The second kappa shape index (κ2) is 13.6. The molecule has 11 heteroatoms. The van der Waals surface area contributed by atoms with Crippen molar-refractivity contribution in [3.63, 3.8) is 0 Å². The summed E-state index contributed by atoms with van der Waals surface area (Å²) in [4.78, 5) is 50.7. The van der Waals surface area contributed by atoms with Crippen LogP contribution < -0.4 is 4.90 Å². The first-order chi connectivity index (χ1) is 20.4. The number of thioether (sulfide) groups is 1. The minimum atomic E-state index is -0.738. The average Bonchev–Trinajstić information content (AvgIpc) is 3.60. The van der Waals surface area contributed by atoms with E-state index in [1.54, 1.807) is 33.7 Å². The molecule has 0 aliphatic carbocycles. The van der Waals surface area contributed by atoms with Gasteiger partial charge in [0.05, 0.1) is 29.8 Å². The number of halogens is 1. The monoisotopic (exact) mass is 660 g/mol. The summed E-state index contributed by atoms with van der Waals surface area (Å²) in [6, 6.07) is 8.74. The van der Waals surface area contributed by atoms with E-state index < -0.39 is 22.6 Å². The molecule has 4 fully saturated rings. The largest absolute Gasteiger partial charge is 0.396 e. The molecule has 0 radical (unpaired) electrons. The van der Waals surface area contributed by atoms with Gasteiger partial charge in [-0.25, -0.2) is 0 Å². The highest BCUT2D eigenvalue weighted by atomic mass is 79.9. The third kappa shape index (κ3) is 5.70. The lowest BCUT2D eigenvalue weighted by molar-refractivity contribution is -0.143. The molecule has 0 aromatic heterocycles. The Balaban J connectivity index is 1.48. The first-order valence-corrected chi connectivity index (χ1v) is 16.6. The van der Waals surface area contributed by atoms with Crippen molar-refractivity contribution in [2.45, 2.75) is 33.7 Å². The van der Waals surface area contributed by atoms with Crippen molar-refractivity contribution >= 4 is 51.1 Å². The average molecular weight is 662 g/mol. The molecule has 228 valence electrons. The SMILES string of the molecule is C=CCN(CCN1CCOCC1)C(=O)C1N(CCCO)C(=O)[C@@H]2[C@H](C(=O)N(CC=C)c3ccccc3)[C@H]3SC12CC3Br. The standard InChI is InChI=1S/C31H41BrN4O5S/c1-3-11-34(15-14-33-16-19-41-20-17-33)30(40)27-31-21-23(32)26(42-31)24(25(31)29(39)36(27)13-8-18-37)28(38)35(12-4-2)22-9-6-5-7-10-22/h3-7,9-10,23-27,37H,1-2,8,11-21H2/t23?,24-,25-,26-,27?,31?/m0/s1. The van der Waals surface area contributed by atoms with Gasteiger partial charge in [-0.3, -0.25) is 19.3 Å². The molecule has 5 rings (SSSR count). The predicted octanol–water partition coefficient (Wildman–Crippen LogP) is 2.40. The molecule has 3 amide bonds. The first-order valence-electron chi connectivity index (χ1n) is 14.8. The summed E-state index contributed by atoms with van der Waals surface area (Å²) in [6.45, 7) is 12.9. The van der Waals surface area contributed by atoms with Gasteiger partial charge < -0.3 is 24.5 Å². The van der Waals surface area contributed by atoms with Crippen LogP contribution in [0.3, 0.4) is 0 Å². The Bertz CT molecular complexity index is 1170. The third-order valence-electron chi connectivity index (χ3n) is 8.96. The minimum Gasteiger partial charge on any atom is -0.396 e. The lowest BCUT2D eigenvalue weighted by Crippen LogP contribution is -2.57. The molecule has 42 heavy (non-hydrogen) atoms. The van der Waals surface area contributed by atoms with Crippen LogP contribution in [0.25, 0.3) is 0 Å². The first kappa shape index (κ1) is 31.3. The highest BCUT2D eigenvalue weighted by Crippen LogP contribution is 2.68. The van der Waals surface area contributed by atoms with Crippen molar-refractivity contribution in [3.05, 3.63) is 55.6 Å². The van der Waals surface area contributed by atoms with Crippen LogP contribution in [0.4, 0.5) is 5.69 Å². The number of likely N-dealkylation sites (tertiary alicyclic amines) is 1. The maximum Gasteiger partial charge on any atom is 0.247 e. The van der Waals surface area contributed by atoms with Crippen LogP contribution in [0.15, 0.2) is 55.6 Å². The molecule has 1 aromatic carbocycles. The Morgan fingerprint density at radius 1 is 1.12 bits per heavy atom. The number of benzene rings is 1. The van der Waals surface area contributed by atoms with E-state index in [2.05, 4.69) is 34.0 Å². The van der Waals surface area contributed by atoms with E-state index in [0.717, 1.165) is 18.8 Å². The van der Waals surface area contributed by atoms with E-state index in [9.17, 15) is 19.5 Å². The maximum atomic E-state index is 14.5. The van der Waals surface area contributed by atoms with Gasteiger partial charge in [-0.2, -0.15) is 0 Å². The summed E-state index contributed by atoms with van der Waals surface area (Å²) in [5.74, 6) is -1.59. The lowest BCUT2D eigenvalue weighted by Gasteiger charge is -2.39. The molecular weight excluding hydrogens is 620 g/mol. The summed E-state index contributed by atoms with van der Waals surface area (Å²) in [5, 5.41) is 9.55. The second-order valence-electron chi connectivity index (χ2n) is 11.4. The number of nitrogens with zero attached hydrogens (tertiary/aromatic N) is 4. The third-order valence-corrected chi connectivity index (χ3v) is 12.2. The molecule has 1 aromatic rings. The highest BCUT2D eigenvalue weighted by molar-refractivity contribution is 9.09. The van der Waals surface area contributed by atoms with E-state index in [1.165, 1.54) is 0 Å². The molecule has 1 spiro atoms. The van der Waals surface area contributed by atoms with Gasteiger partial charge in [0.25, 0.3) is 0 Å². The van der Waals surface area contributed by atoms with E-state index >= 15 is 0 Å². The molecule has 0 saturated carbocycles. The lowest BCUT2D eigenvalue weighted by atomic mass is 9.70. The van der Waals surface area contributed by atoms with Gasteiger partial charge in [0, 0.05) is 68.2 Å². The van der Waals surface area contributed by atoms with Gasteiger partial charge in [-0.1, -0.05) is 46.3 Å². The summed E-state index contributed by atoms with van der Waals surface area (Å²) >= 11 is 5.50. The molecular formula is C31H41BrN4O5S. The summed E-state index contributed by atoms with van der Waals surface area (Å²) in [6.07, 6.45) is 4.41. The molecule has 3 unspecified atom stereocenters. The Hall–Kier alpha value is -2.18. The van der Waals surface area contributed by atoms with Crippen molar-refractivity contribution in [2.24, 2.45) is 11.8 Å². The van der Waals surface area contributed by atoms with Crippen molar-refractivity contribution in [3.8, 4) is 0 Å². The van der Waals surface area contributed by atoms with Gasteiger partial charge in [0.2, 0.25) is 17.7 Å². The topological polar surface area (TPSA) is 93.6 Å². The van der Waals surface area contributed by atoms with Crippen LogP contribution in [-0.4, -0.2) is 124 Å². The number of ether oxygens (including phenoxy) is 1. The number of amides is 3. The van der Waals surface area contributed by atoms with Crippen molar-refractivity contribution in [2.75, 3.05) is 70.5 Å². The van der Waals surface area contributed by atoms with E-state index in [-0.39, 0.29) is 41.0 Å². The fourth-order valence-electron chi connectivity index (χ4n) is 7.12. The summed E-state index contributed by atoms with van der Waals surface area (Å²) in [5.41, 5.74) is 0.755. The number of hydrogen-bond donors (Lipinski definition) is 1. The quantitative estimate of drug-likeness (QED) is 0.257. The number of alkyl halides is 1. The molecule has 4 saturated heterocycles. The van der Waals surface area contributed by atoms with Crippen LogP contribution in [0.2, 0.25) is 0 Å². The molecule has 9 nitrogen and oxygen atoms in total. The number of carbonyl (C=O) groups excluding carboxylic acids is 3. The van der Waals surface area contributed by atoms with Gasteiger partial charge in [-0.05, 0) is 25.0 Å². The van der Waals surface area contributed by atoms with Crippen molar-refractivity contribution in [1.82, 2.24) is 14.7 Å². The van der Waals surface area contributed by atoms with Crippen LogP contribution >= 0.6 is 27.7 Å². The van der Waals surface area contributed by atoms with E-state index in [0.29, 0.717) is 52.2 Å². The highest BCUT2D eigenvalue weighted by Gasteiger charge is 2.76. The Kier molecular flexibility index (Phi) is 10.1. The fraction of sp³-hybridized carbons (Fsp3) is 0.581. The Morgan fingerprint density at radius 2 is 1.83 bits per heavy atom. The number of morpholine rings is 1. The number of carbonyl (C=O) groups is 3. The fourth-order valence-corrected chi connectivity index (χ4v) is 10.7. The summed E-state index contributed by atoms with van der Waals surface area (Å²) < 4.78 is 4.74. The molecule has 1 N–H and O–H groups in total. The number of aliphatic hydroxyl groups is 1. The number of fused-ring (bicyclic) bond motifs is 1. The number of hydrogen-bond acceptors (Lipinski definition) is 7. The minimum absolute atomic E-state index is 0.0175. The number of rotatable bonds is 13. The maximum absolute atomic E-state index is 14.5. The normalized spacial score (nSPS) is 30.3. The zero-order chi connectivity index (χ0) is 29.9. The van der Waals surface area contributed by atoms with Gasteiger partial charge in [0.1, 0.15) is 6.04 Å². The number of aliphatic hydroxyl groups excluding tert-OH is 1. The second-order valence-corrected chi connectivity index (χ2v) is 14.1. The van der Waals surface area contributed by atoms with E-state index in [1.807, 2.05) is 35.2 Å². The molecule has 4 aliphatic rings.